The molecule has 0 aliphatic carbocycles. The molecule has 1 spiro atoms. The first-order valence-corrected chi connectivity index (χ1v) is 7.85. The van der Waals surface area contributed by atoms with E-state index in [1.54, 1.807) is 16.8 Å². The Kier molecular flexibility index (Phi) is 3.01. The van der Waals surface area contributed by atoms with Crippen LogP contribution in [0.15, 0.2) is 54.6 Å². The van der Waals surface area contributed by atoms with Crippen LogP contribution >= 0.6 is 0 Å². The van der Waals surface area contributed by atoms with Crippen molar-refractivity contribution < 1.29 is 9.59 Å². The topological polar surface area (TPSA) is 40.6 Å². The normalized spacial score (nSPS) is 23.0. The average Bonchev–Trinajstić information content (AvgIpc) is 3.01. The van der Waals surface area contributed by atoms with Gasteiger partial charge in [0.05, 0.1) is 6.54 Å². The number of carbonyl (C=O) groups is 2. The average molecular weight is 306 g/mol. The third-order valence-corrected chi connectivity index (χ3v) is 4.98. The van der Waals surface area contributed by atoms with E-state index in [2.05, 4.69) is 0 Å². The highest BCUT2D eigenvalue weighted by Gasteiger charge is 2.59. The van der Waals surface area contributed by atoms with Gasteiger partial charge in [0.2, 0.25) is 11.8 Å². The Bertz CT molecular complexity index is 787. The van der Waals surface area contributed by atoms with Crippen LogP contribution in [0.3, 0.4) is 0 Å². The molecule has 23 heavy (non-hydrogen) atoms. The van der Waals surface area contributed by atoms with Gasteiger partial charge in [-0.2, -0.15) is 0 Å². The molecule has 0 bridgehead atoms. The van der Waals surface area contributed by atoms with E-state index in [1.165, 1.54) is 0 Å². The second-order valence-electron chi connectivity index (χ2n) is 6.28. The fourth-order valence-electron chi connectivity index (χ4n) is 3.77. The van der Waals surface area contributed by atoms with E-state index in [0.29, 0.717) is 19.5 Å². The number of likely N-dealkylation sites (tertiary alicyclic amines) is 1. The molecular weight excluding hydrogens is 288 g/mol. The summed E-state index contributed by atoms with van der Waals surface area (Å²) in [7, 11) is 1.77. The monoisotopic (exact) mass is 306 g/mol. The van der Waals surface area contributed by atoms with Gasteiger partial charge in [0, 0.05) is 24.8 Å². The van der Waals surface area contributed by atoms with Crippen LogP contribution in [-0.4, -0.2) is 30.3 Å². The number of fused-ring (bicyclic) bond motifs is 2. The van der Waals surface area contributed by atoms with Crippen LogP contribution in [0.2, 0.25) is 0 Å². The summed E-state index contributed by atoms with van der Waals surface area (Å²) in [5.74, 6) is -0.164. The molecule has 0 saturated carbocycles. The molecule has 2 amide bonds. The summed E-state index contributed by atoms with van der Waals surface area (Å²) in [5.41, 5.74) is 1.77. The lowest BCUT2D eigenvalue weighted by molar-refractivity contribution is -0.137. The maximum atomic E-state index is 13.2. The van der Waals surface area contributed by atoms with Crippen molar-refractivity contribution in [2.75, 3.05) is 18.5 Å². The Morgan fingerprint density at radius 2 is 1.65 bits per heavy atom. The molecule has 0 radical (unpaired) electrons. The maximum absolute atomic E-state index is 13.2. The Balaban J connectivity index is 1.81. The fraction of sp³-hybridized carbons (Fsp3) is 0.263. The summed E-state index contributed by atoms with van der Waals surface area (Å²) in [6.45, 7) is 1.12. The molecule has 0 N–H and O–H groups in total. The summed E-state index contributed by atoms with van der Waals surface area (Å²) in [6.07, 6.45) is 0.559. The first-order chi connectivity index (χ1) is 11.1. The van der Waals surface area contributed by atoms with Crippen molar-refractivity contribution in [2.45, 2.75) is 18.4 Å². The molecule has 1 fully saturated rings. The van der Waals surface area contributed by atoms with Gasteiger partial charge in [0.15, 0.2) is 5.41 Å². The summed E-state index contributed by atoms with van der Waals surface area (Å²) in [4.78, 5) is 29.4. The van der Waals surface area contributed by atoms with E-state index in [9.17, 15) is 9.59 Å². The molecule has 1 atom stereocenters. The number of hydrogen-bond acceptors (Lipinski definition) is 2. The first kappa shape index (κ1) is 14.0. The standard InChI is InChI=1S/C19H18N2O2/c1-20-12-11-19(17(20)22)15-9-5-6-10-16(15)21(18(19)23)13-14-7-3-2-4-8-14/h2-10H,11-13H2,1H3. The zero-order valence-corrected chi connectivity index (χ0v) is 13.0. The molecule has 1 unspecified atom stereocenters. The van der Waals surface area contributed by atoms with E-state index < -0.39 is 5.41 Å². The van der Waals surface area contributed by atoms with Gasteiger partial charge in [-0.15, -0.1) is 0 Å². The molecule has 2 aliphatic heterocycles. The summed E-state index contributed by atoms with van der Waals surface area (Å²) < 4.78 is 0. The number of benzene rings is 2. The van der Waals surface area contributed by atoms with Gasteiger partial charge in [-0.05, 0) is 18.1 Å². The lowest BCUT2D eigenvalue weighted by Gasteiger charge is -2.22. The lowest BCUT2D eigenvalue weighted by atomic mass is 9.80. The van der Waals surface area contributed by atoms with Crippen molar-refractivity contribution in [1.29, 1.82) is 0 Å². The minimum Gasteiger partial charge on any atom is -0.344 e. The Hall–Kier alpha value is -2.62. The molecule has 4 nitrogen and oxygen atoms in total. The third kappa shape index (κ3) is 1.84. The van der Waals surface area contributed by atoms with Crippen LogP contribution in [0.4, 0.5) is 5.69 Å². The molecule has 2 heterocycles. The number of para-hydroxylation sites is 1. The van der Waals surface area contributed by atoms with Gasteiger partial charge in [0.1, 0.15) is 0 Å². The predicted molar refractivity (Wildman–Crippen MR) is 88.0 cm³/mol. The molecular formula is C19H18N2O2. The van der Waals surface area contributed by atoms with Crippen molar-refractivity contribution in [3.63, 3.8) is 0 Å². The van der Waals surface area contributed by atoms with Crippen LogP contribution in [-0.2, 0) is 21.5 Å². The van der Waals surface area contributed by atoms with Crippen molar-refractivity contribution in [3.05, 3.63) is 65.7 Å². The Morgan fingerprint density at radius 1 is 0.957 bits per heavy atom. The highest BCUT2D eigenvalue weighted by Crippen LogP contribution is 2.48. The Labute approximate surface area is 135 Å². The van der Waals surface area contributed by atoms with Crippen LogP contribution in [0.5, 0.6) is 0 Å². The van der Waals surface area contributed by atoms with E-state index in [1.807, 2.05) is 54.6 Å². The second-order valence-corrected chi connectivity index (χ2v) is 6.28. The maximum Gasteiger partial charge on any atom is 0.247 e. The first-order valence-electron chi connectivity index (χ1n) is 7.85. The van der Waals surface area contributed by atoms with Crippen LogP contribution in [0.1, 0.15) is 17.5 Å². The number of anilines is 1. The van der Waals surface area contributed by atoms with Gasteiger partial charge < -0.3 is 9.80 Å². The fourth-order valence-corrected chi connectivity index (χ4v) is 3.77. The Morgan fingerprint density at radius 3 is 2.35 bits per heavy atom. The zero-order valence-electron chi connectivity index (χ0n) is 13.0. The molecule has 4 rings (SSSR count). The number of hydrogen-bond donors (Lipinski definition) is 0. The van der Waals surface area contributed by atoms with Crippen LogP contribution < -0.4 is 4.90 Å². The highest BCUT2D eigenvalue weighted by molar-refractivity contribution is 6.22. The van der Waals surface area contributed by atoms with Gasteiger partial charge in [-0.3, -0.25) is 9.59 Å². The van der Waals surface area contributed by atoms with Crippen molar-refractivity contribution in [3.8, 4) is 0 Å². The minimum atomic E-state index is -1.01. The number of amides is 2. The van der Waals surface area contributed by atoms with Gasteiger partial charge in [0.25, 0.3) is 0 Å². The largest absolute Gasteiger partial charge is 0.344 e. The second kappa shape index (κ2) is 4.95. The van der Waals surface area contributed by atoms with E-state index in [-0.39, 0.29) is 11.8 Å². The van der Waals surface area contributed by atoms with E-state index >= 15 is 0 Å². The molecule has 1 saturated heterocycles. The molecule has 2 aliphatic rings. The van der Waals surface area contributed by atoms with Crippen LogP contribution in [0.25, 0.3) is 0 Å². The quantitative estimate of drug-likeness (QED) is 0.799. The van der Waals surface area contributed by atoms with Crippen LogP contribution in [0, 0.1) is 0 Å². The smallest absolute Gasteiger partial charge is 0.247 e. The number of rotatable bonds is 2. The lowest BCUT2D eigenvalue weighted by Crippen LogP contribution is -2.45. The molecule has 2 aromatic carbocycles. The molecule has 2 aromatic rings. The van der Waals surface area contributed by atoms with Crippen molar-refractivity contribution in [2.24, 2.45) is 0 Å². The predicted octanol–water partition coefficient (Wildman–Crippen LogP) is 2.33. The number of likely N-dealkylation sites (N-methyl/N-ethyl adjacent to an activating group) is 1. The number of nitrogens with zero attached hydrogens (tertiary/aromatic N) is 2. The molecule has 4 heteroatoms. The van der Waals surface area contributed by atoms with Gasteiger partial charge in [-0.25, -0.2) is 0 Å². The summed E-state index contributed by atoms with van der Waals surface area (Å²) in [6, 6.07) is 17.6. The zero-order chi connectivity index (χ0) is 16.0. The van der Waals surface area contributed by atoms with E-state index in [4.69, 9.17) is 0 Å². The van der Waals surface area contributed by atoms with Crippen molar-refractivity contribution >= 4 is 17.5 Å². The SMILES string of the molecule is CN1CCC2(C1=O)C(=O)N(Cc1ccccc1)c1ccccc12. The van der Waals surface area contributed by atoms with Gasteiger partial charge in [-0.1, -0.05) is 48.5 Å². The van der Waals surface area contributed by atoms with Gasteiger partial charge >= 0.3 is 0 Å². The third-order valence-electron chi connectivity index (χ3n) is 4.98. The minimum absolute atomic E-state index is 0.0782. The molecule has 116 valence electrons. The highest BCUT2D eigenvalue weighted by atomic mass is 16.2. The van der Waals surface area contributed by atoms with Crippen molar-refractivity contribution in [1.82, 2.24) is 4.90 Å². The number of carbonyl (C=O) groups excluding carboxylic acids is 2. The van der Waals surface area contributed by atoms with E-state index in [0.717, 1.165) is 16.8 Å². The summed E-state index contributed by atoms with van der Waals surface area (Å²) >= 11 is 0. The summed E-state index contributed by atoms with van der Waals surface area (Å²) in [5, 5.41) is 0. The molecule has 0 aromatic heterocycles.